The summed E-state index contributed by atoms with van der Waals surface area (Å²) in [5.41, 5.74) is -0.515. The SMILES string of the molecule is O=c1ccc(=O)n2n1CC(Cl)=C(Cl)C2. The van der Waals surface area contributed by atoms with Crippen molar-refractivity contribution in [2.75, 3.05) is 0 Å². The van der Waals surface area contributed by atoms with E-state index in [2.05, 4.69) is 0 Å². The van der Waals surface area contributed by atoms with Crippen LogP contribution in [0.1, 0.15) is 0 Å². The molecule has 2 rings (SSSR count). The van der Waals surface area contributed by atoms with Gasteiger partial charge in [0, 0.05) is 12.1 Å². The van der Waals surface area contributed by atoms with Crippen molar-refractivity contribution in [1.82, 2.24) is 9.36 Å². The molecule has 6 heteroatoms. The Morgan fingerprint density at radius 3 is 1.64 bits per heavy atom. The van der Waals surface area contributed by atoms with Crippen LogP contribution in [0.3, 0.4) is 0 Å². The Labute approximate surface area is 89.0 Å². The molecule has 0 saturated heterocycles. The van der Waals surface area contributed by atoms with Gasteiger partial charge in [0.1, 0.15) is 0 Å². The van der Waals surface area contributed by atoms with E-state index >= 15 is 0 Å². The Hall–Kier alpha value is -1.00. The average Bonchev–Trinajstić information content (AvgIpc) is 2.15. The molecule has 0 fully saturated rings. The lowest BCUT2D eigenvalue weighted by molar-refractivity contribution is 0.449. The van der Waals surface area contributed by atoms with Crippen LogP contribution in [-0.4, -0.2) is 9.36 Å². The Bertz CT molecular complexity index is 480. The molecular formula is C8H6Cl2N2O2. The number of allylic oxidation sites excluding steroid dienone is 2. The van der Waals surface area contributed by atoms with Crippen molar-refractivity contribution < 1.29 is 0 Å². The molecule has 1 aromatic rings. The quantitative estimate of drug-likeness (QED) is 0.662. The standard InChI is InChI=1S/C8H6Cl2N2O2/c9-5-3-11-7(13)1-2-8(14)12(11)4-6(5)10/h1-2H,3-4H2. The minimum absolute atomic E-state index is 0.162. The van der Waals surface area contributed by atoms with Crippen LogP contribution in [-0.2, 0) is 13.1 Å². The van der Waals surface area contributed by atoms with Gasteiger partial charge in [-0.05, 0) is 0 Å². The third-order valence-electron chi connectivity index (χ3n) is 2.04. The van der Waals surface area contributed by atoms with E-state index in [0.717, 1.165) is 0 Å². The fourth-order valence-electron chi connectivity index (χ4n) is 1.31. The molecule has 0 unspecified atom stereocenters. The van der Waals surface area contributed by atoms with E-state index in [1.165, 1.54) is 21.5 Å². The lowest BCUT2D eigenvalue weighted by Gasteiger charge is -2.19. The Balaban J connectivity index is 2.69. The summed E-state index contributed by atoms with van der Waals surface area (Å²) < 4.78 is 2.55. The van der Waals surface area contributed by atoms with Gasteiger partial charge in [0.2, 0.25) is 0 Å². The maximum absolute atomic E-state index is 11.3. The minimum Gasteiger partial charge on any atom is -0.268 e. The van der Waals surface area contributed by atoms with E-state index in [0.29, 0.717) is 10.1 Å². The third kappa shape index (κ3) is 1.40. The first-order valence-electron chi connectivity index (χ1n) is 3.93. The topological polar surface area (TPSA) is 44.0 Å². The van der Waals surface area contributed by atoms with Crippen molar-refractivity contribution in [2.24, 2.45) is 0 Å². The molecule has 0 bridgehead atoms. The van der Waals surface area contributed by atoms with E-state index < -0.39 is 0 Å². The molecule has 0 saturated carbocycles. The first-order chi connectivity index (χ1) is 6.59. The summed E-state index contributed by atoms with van der Waals surface area (Å²) in [6.45, 7) is 0.324. The minimum atomic E-state index is -0.257. The summed E-state index contributed by atoms with van der Waals surface area (Å²) in [5.74, 6) is 0. The summed E-state index contributed by atoms with van der Waals surface area (Å²) in [4.78, 5) is 22.7. The maximum Gasteiger partial charge on any atom is 0.265 e. The first-order valence-corrected chi connectivity index (χ1v) is 4.69. The number of hydrogen-bond donors (Lipinski definition) is 0. The van der Waals surface area contributed by atoms with Crippen molar-refractivity contribution >= 4 is 23.2 Å². The van der Waals surface area contributed by atoms with Gasteiger partial charge in [-0.2, -0.15) is 0 Å². The number of fused-ring (bicyclic) bond motifs is 1. The van der Waals surface area contributed by atoms with Gasteiger partial charge < -0.3 is 0 Å². The Morgan fingerprint density at radius 1 is 0.929 bits per heavy atom. The second-order valence-electron chi connectivity index (χ2n) is 2.93. The van der Waals surface area contributed by atoms with Crippen molar-refractivity contribution in [3.63, 3.8) is 0 Å². The van der Waals surface area contributed by atoms with Crippen LogP contribution >= 0.6 is 23.2 Å². The zero-order chi connectivity index (χ0) is 10.3. The molecule has 2 heterocycles. The van der Waals surface area contributed by atoms with Crippen LogP contribution in [0.2, 0.25) is 0 Å². The number of aromatic nitrogens is 2. The lowest BCUT2D eigenvalue weighted by atomic mass is 10.4. The molecule has 0 N–H and O–H groups in total. The van der Waals surface area contributed by atoms with Crippen molar-refractivity contribution in [1.29, 1.82) is 0 Å². The molecule has 0 atom stereocenters. The second-order valence-corrected chi connectivity index (χ2v) is 3.85. The Kier molecular flexibility index (Phi) is 2.25. The second kappa shape index (κ2) is 3.29. The monoisotopic (exact) mass is 232 g/mol. The molecule has 1 aliphatic heterocycles. The number of nitrogens with zero attached hydrogens (tertiary/aromatic N) is 2. The van der Waals surface area contributed by atoms with Crippen LogP contribution in [0.25, 0.3) is 0 Å². The van der Waals surface area contributed by atoms with E-state index in [9.17, 15) is 9.59 Å². The van der Waals surface area contributed by atoms with Crippen LogP contribution < -0.4 is 11.1 Å². The van der Waals surface area contributed by atoms with Crippen LogP contribution in [0.15, 0.2) is 31.8 Å². The smallest absolute Gasteiger partial charge is 0.265 e. The van der Waals surface area contributed by atoms with Gasteiger partial charge >= 0.3 is 0 Å². The molecule has 0 amide bonds. The van der Waals surface area contributed by atoms with Crippen molar-refractivity contribution in [2.45, 2.75) is 13.1 Å². The number of rotatable bonds is 0. The highest BCUT2D eigenvalue weighted by atomic mass is 35.5. The van der Waals surface area contributed by atoms with Gasteiger partial charge in [-0.3, -0.25) is 9.59 Å². The zero-order valence-corrected chi connectivity index (χ0v) is 8.55. The largest absolute Gasteiger partial charge is 0.268 e. The van der Waals surface area contributed by atoms with Gasteiger partial charge in [0.05, 0.1) is 23.2 Å². The van der Waals surface area contributed by atoms with E-state index in [1.54, 1.807) is 0 Å². The molecular weight excluding hydrogens is 227 g/mol. The summed E-state index contributed by atoms with van der Waals surface area (Å²) >= 11 is 11.6. The number of halogens is 2. The first kappa shape index (κ1) is 9.55. The molecule has 14 heavy (non-hydrogen) atoms. The summed E-state index contributed by atoms with van der Waals surface area (Å²) in [6, 6.07) is 2.45. The lowest BCUT2D eigenvalue weighted by Crippen LogP contribution is -2.40. The van der Waals surface area contributed by atoms with Gasteiger partial charge in [-0.1, -0.05) is 23.2 Å². The van der Waals surface area contributed by atoms with E-state index in [1.807, 2.05) is 0 Å². The fraction of sp³-hybridized carbons (Fsp3) is 0.250. The Morgan fingerprint density at radius 2 is 1.29 bits per heavy atom. The van der Waals surface area contributed by atoms with Gasteiger partial charge in [-0.25, -0.2) is 9.36 Å². The molecule has 4 nitrogen and oxygen atoms in total. The van der Waals surface area contributed by atoms with Crippen LogP contribution in [0.5, 0.6) is 0 Å². The third-order valence-corrected chi connectivity index (χ3v) is 2.83. The average molecular weight is 233 g/mol. The molecule has 0 spiro atoms. The van der Waals surface area contributed by atoms with E-state index in [-0.39, 0.29) is 24.2 Å². The molecule has 0 aliphatic carbocycles. The molecule has 1 aromatic heterocycles. The highest BCUT2D eigenvalue weighted by Crippen LogP contribution is 2.19. The summed E-state index contributed by atoms with van der Waals surface area (Å²) in [5, 5.41) is 0.804. The highest BCUT2D eigenvalue weighted by Gasteiger charge is 2.16. The van der Waals surface area contributed by atoms with Gasteiger partial charge in [-0.15, -0.1) is 0 Å². The van der Waals surface area contributed by atoms with Crippen LogP contribution in [0, 0.1) is 0 Å². The predicted octanol–water partition coefficient (Wildman–Crippen LogP) is 0.713. The zero-order valence-electron chi connectivity index (χ0n) is 7.04. The molecule has 74 valence electrons. The maximum atomic E-state index is 11.3. The molecule has 1 aliphatic rings. The van der Waals surface area contributed by atoms with Crippen molar-refractivity contribution in [3.8, 4) is 0 Å². The van der Waals surface area contributed by atoms with Crippen LogP contribution in [0.4, 0.5) is 0 Å². The predicted molar refractivity (Wildman–Crippen MR) is 53.7 cm³/mol. The van der Waals surface area contributed by atoms with Crippen molar-refractivity contribution in [3.05, 3.63) is 42.9 Å². The fourth-order valence-corrected chi connectivity index (χ4v) is 1.66. The van der Waals surface area contributed by atoms with E-state index in [4.69, 9.17) is 23.2 Å². The molecule has 0 radical (unpaired) electrons. The summed E-state index contributed by atoms with van der Waals surface area (Å²) in [7, 11) is 0. The van der Waals surface area contributed by atoms with Gasteiger partial charge in [0.15, 0.2) is 0 Å². The normalized spacial score (nSPS) is 15.6. The highest BCUT2D eigenvalue weighted by molar-refractivity contribution is 6.39. The van der Waals surface area contributed by atoms with Gasteiger partial charge in [0.25, 0.3) is 11.1 Å². The number of hydrogen-bond acceptors (Lipinski definition) is 2. The summed E-state index contributed by atoms with van der Waals surface area (Å²) in [6.07, 6.45) is 0. The molecule has 0 aromatic carbocycles.